The third-order valence-corrected chi connectivity index (χ3v) is 6.20. The van der Waals surface area contributed by atoms with Gasteiger partial charge < -0.3 is 15.1 Å². The normalized spacial score (nSPS) is 12.8. The first-order valence-electron chi connectivity index (χ1n) is 12.7. The second kappa shape index (κ2) is 14.0. The predicted molar refractivity (Wildman–Crippen MR) is 142 cm³/mol. The molecule has 1 aromatic heterocycles. The summed E-state index contributed by atoms with van der Waals surface area (Å²) in [6.45, 7) is 3.36. The quantitative estimate of drug-likeness (QED) is 0.114. The van der Waals surface area contributed by atoms with E-state index in [2.05, 4.69) is 22.7 Å². The third-order valence-electron chi connectivity index (χ3n) is 5.96. The maximum absolute atomic E-state index is 14.3. The molecule has 0 saturated heterocycles. The number of rotatable bonds is 14. The smallest absolute Gasteiger partial charge is 0.339 e. The summed E-state index contributed by atoms with van der Waals surface area (Å²) in [5.74, 6) is -1.95. The van der Waals surface area contributed by atoms with Crippen LogP contribution in [0.15, 0.2) is 48.7 Å². The number of aromatic nitrogens is 3. The molecule has 1 heterocycles. The first-order valence-corrected chi connectivity index (χ1v) is 13.1. The van der Waals surface area contributed by atoms with Crippen LogP contribution in [0.3, 0.4) is 0 Å². The molecule has 10 nitrogen and oxygen atoms in total. The lowest BCUT2D eigenvalue weighted by Gasteiger charge is -2.30. The topological polar surface area (TPSA) is 130 Å². The standard InChI is InChI=1S/C27H33ClFN5O5/c1-3-4-5-6-7-14-39-26(36)27(2,37)18-33(31-25(35)24-17-34(38)32-30-24)16-19-8-10-20(11-9-19)22-15-21(28)12-13-23(22)29/h8-13,15,17,37-38H,3-7,14,16,18H2,1-2H3,(H,31,35). The third kappa shape index (κ3) is 9.02. The molecule has 0 spiro atoms. The van der Waals surface area contributed by atoms with E-state index >= 15 is 0 Å². The van der Waals surface area contributed by atoms with Gasteiger partial charge in [-0.25, -0.2) is 14.2 Å². The zero-order valence-corrected chi connectivity index (χ0v) is 22.7. The van der Waals surface area contributed by atoms with E-state index in [1.54, 1.807) is 24.3 Å². The van der Waals surface area contributed by atoms with Crippen LogP contribution >= 0.6 is 11.6 Å². The monoisotopic (exact) mass is 561 g/mol. The summed E-state index contributed by atoms with van der Waals surface area (Å²) in [6.07, 6.45) is 5.88. The van der Waals surface area contributed by atoms with E-state index in [9.17, 15) is 24.3 Å². The summed E-state index contributed by atoms with van der Waals surface area (Å²) < 4.78 is 19.6. The fraction of sp³-hybridized carbons (Fsp3) is 0.407. The van der Waals surface area contributed by atoms with Crippen molar-refractivity contribution in [2.75, 3.05) is 13.2 Å². The van der Waals surface area contributed by atoms with Gasteiger partial charge in [0, 0.05) is 17.1 Å². The predicted octanol–water partition coefficient (Wildman–Crippen LogP) is 4.39. The van der Waals surface area contributed by atoms with E-state index < -0.39 is 23.3 Å². The molecule has 210 valence electrons. The first-order chi connectivity index (χ1) is 18.6. The van der Waals surface area contributed by atoms with Crippen LogP contribution in [0.4, 0.5) is 4.39 Å². The summed E-state index contributed by atoms with van der Waals surface area (Å²) in [7, 11) is 0. The van der Waals surface area contributed by atoms with Gasteiger partial charge in [0.05, 0.1) is 19.3 Å². The van der Waals surface area contributed by atoms with Crippen LogP contribution in [0.1, 0.15) is 62.0 Å². The maximum atomic E-state index is 14.3. The fourth-order valence-corrected chi connectivity index (χ4v) is 4.06. The highest BCUT2D eigenvalue weighted by Gasteiger charge is 2.35. The largest absolute Gasteiger partial charge is 0.464 e. The SMILES string of the molecule is CCCCCCCOC(=O)C(C)(O)CN(Cc1ccc(-c2cc(Cl)ccc2F)cc1)NC(=O)c1cn(O)nn1. The highest BCUT2D eigenvalue weighted by Crippen LogP contribution is 2.26. The van der Waals surface area contributed by atoms with E-state index in [1.807, 2.05) is 0 Å². The average Bonchev–Trinajstić information content (AvgIpc) is 3.34. The van der Waals surface area contributed by atoms with Crippen molar-refractivity contribution in [3.8, 4) is 11.1 Å². The lowest BCUT2D eigenvalue weighted by molar-refractivity contribution is -0.166. The van der Waals surface area contributed by atoms with Gasteiger partial charge in [-0.1, -0.05) is 73.3 Å². The van der Waals surface area contributed by atoms with Crippen LogP contribution in [-0.2, 0) is 16.1 Å². The molecule has 1 amide bonds. The van der Waals surface area contributed by atoms with Crippen LogP contribution in [0.2, 0.25) is 5.02 Å². The Bertz CT molecular complexity index is 1250. The van der Waals surface area contributed by atoms with E-state index in [1.165, 1.54) is 30.1 Å². The van der Waals surface area contributed by atoms with Gasteiger partial charge in [-0.3, -0.25) is 10.2 Å². The van der Waals surface area contributed by atoms with Crippen molar-refractivity contribution in [1.29, 1.82) is 0 Å². The minimum Gasteiger partial charge on any atom is -0.464 e. The van der Waals surface area contributed by atoms with Crippen LogP contribution < -0.4 is 5.43 Å². The maximum Gasteiger partial charge on any atom is 0.339 e. The number of esters is 1. The molecule has 0 bridgehead atoms. The second-order valence-corrected chi connectivity index (χ2v) is 9.90. The molecule has 0 aliphatic heterocycles. The minimum atomic E-state index is -1.95. The van der Waals surface area contributed by atoms with Crippen molar-refractivity contribution in [3.05, 3.63) is 70.8 Å². The number of nitrogens with zero attached hydrogens (tertiary/aromatic N) is 4. The van der Waals surface area contributed by atoms with E-state index in [0.717, 1.165) is 31.9 Å². The molecule has 12 heteroatoms. The summed E-state index contributed by atoms with van der Waals surface area (Å²) in [5, 5.41) is 28.9. The van der Waals surface area contributed by atoms with Gasteiger partial charge in [0.15, 0.2) is 11.3 Å². The van der Waals surface area contributed by atoms with Gasteiger partial charge >= 0.3 is 5.97 Å². The molecule has 2 aromatic carbocycles. The average molecular weight is 562 g/mol. The molecular formula is C27H33ClFN5O5. The molecule has 0 radical (unpaired) electrons. The van der Waals surface area contributed by atoms with Gasteiger partial charge in [-0.2, -0.15) is 0 Å². The lowest BCUT2D eigenvalue weighted by Crippen LogP contribution is -2.53. The van der Waals surface area contributed by atoms with Crippen molar-refractivity contribution in [2.45, 2.75) is 58.1 Å². The Morgan fingerprint density at radius 3 is 2.54 bits per heavy atom. The Kier molecular flexibility index (Phi) is 10.8. The fourth-order valence-electron chi connectivity index (χ4n) is 3.89. The van der Waals surface area contributed by atoms with Crippen molar-refractivity contribution in [1.82, 2.24) is 25.6 Å². The highest BCUT2D eigenvalue weighted by atomic mass is 35.5. The van der Waals surface area contributed by atoms with Gasteiger partial charge in [-0.15, -0.1) is 5.10 Å². The Morgan fingerprint density at radius 1 is 1.15 bits per heavy atom. The number of ether oxygens (including phenoxy) is 1. The highest BCUT2D eigenvalue weighted by molar-refractivity contribution is 6.30. The van der Waals surface area contributed by atoms with Gasteiger partial charge in [0.1, 0.15) is 5.82 Å². The molecular weight excluding hydrogens is 529 g/mol. The number of nitrogens with one attached hydrogen (secondary N) is 1. The number of hydrazine groups is 1. The lowest BCUT2D eigenvalue weighted by atomic mass is 10.0. The zero-order chi connectivity index (χ0) is 28.4. The van der Waals surface area contributed by atoms with Crippen molar-refractivity contribution in [3.63, 3.8) is 0 Å². The number of hydrogen-bond donors (Lipinski definition) is 3. The molecule has 0 aliphatic rings. The minimum absolute atomic E-state index is 0.0672. The Balaban J connectivity index is 1.71. The zero-order valence-electron chi connectivity index (χ0n) is 21.9. The summed E-state index contributed by atoms with van der Waals surface area (Å²) >= 11 is 6.01. The molecule has 1 atom stereocenters. The van der Waals surface area contributed by atoms with Crippen LogP contribution in [-0.4, -0.2) is 61.1 Å². The summed E-state index contributed by atoms with van der Waals surface area (Å²) in [4.78, 5) is 25.7. The van der Waals surface area contributed by atoms with E-state index in [4.69, 9.17) is 16.3 Å². The molecule has 3 N–H and O–H groups in total. The number of benzene rings is 2. The molecule has 3 rings (SSSR count). The van der Waals surface area contributed by atoms with E-state index in [-0.39, 0.29) is 25.4 Å². The molecule has 0 fully saturated rings. The van der Waals surface area contributed by atoms with Crippen molar-refractivity contribution < 1.29 is 29.0 Å². The summed E-state index contributed by atoms with van der Waals surface area (Å²) in [6, 6.07) is 11.1. The Labute approximate surface area is 231 Å². The molecule has 3 aromatic rings. The summed E-state index contributed by atoms with van der Waals surface area (Å²) in [5.41, 5.74) is 2.08. The Morgan fingerprint density at radius 2 is 1.87 bits per heavy atom. The van der Waals surface area contributed by atoms with Crippen LogP contribution in [0.5, 0.6) is 0 Å². The molecule has 0 aliphatic carbocycles. The number of hydrogen-bond acceptors (Lipinski definition) is 8. The van der Waals surface area contributed by atoms with Crippen molar-refractivity contribution in [2.24, 2.45) is 0 Å². The van der Waals surface area contributed by atoms with Crippen molar-refractivity contribution >= 4 is 23.5 Å². The molecule has 0 saturated carbocycles. The van der Waals surface area contributed by atoms with E-state index in [0.29, 0.717) is 33.0 Å². The van der Waals surface area contributed by atoms with Gasteiger partial charge in [0.25, 0.3) is 5.91 Å². The van der Waals surface area contributed by atoms with Crippen LogP contribution in [0, 0.1) is 5.82 Å². The number of amides is 1. The number of halogens is 2. The number of unbranched alkanes of at least 4 members (excludes halogenated alkanes) is 4. The number of aliphatic hydroxyl groups is 1. The van der Waals surface area contributed by atoms with Gasteiger partial charge in [-0.05, 0) is 47.9 Å². The Hall–Kier alpha value is -3.54. The molecule has 1 unspecified atom stereocenters. The number of carbonyl (C=O) groups excluding carboxylic acids is 2. The number of carbonyl (C=O) groups is 2. The van der Waals surface area contributed by atoms with Crippen LogP contribution in [0.25, 0.3) is 11.1 Å². The molecule has 39 heavy (non-hydrogen) atoms. The van der Waals surface area contributed by atoms with Gasteiger partial charge in [0.2, 0.25) is 0 Å². The second-order valence-electron chi connectivity index (χ2n) is 9.47. The first kappa shape index (κ1) is 30.0.